The molecule has 12 rings (SSSR count). The van der Waals surface area contributed by atoms with Crippen LogP contribution < -0.4 is 10.6 Å². The summed E-state index contributed by atoms with van der Waals surface area (Å²) >= 11 is 18.8. The van der Waals surface area contributed by atoms with Gasteiger partial charge in [-0.3, -0.25) is 0 Å². The van der Waals surface area contributed by atoms with Gasteiger partial charge in [0, 0.05) is 13.2 Å². The average molecular weight is 1630 g/mol. The maximum Gasteiger partial charge on any atom is 0.407 e. The molecule has 3 aliphatic rings. The summed E-state index contributed by atoms with van der Waals surface area (Å²) in [6.07, 6.45) is -18.9. The zero-order chi connectivity index (χ0) is 79.8. The van der Waals surface area contributed by atoms with E-state index in [2.05, 4.69) is 10.6 Å². The van der Waals surface area contributed by atoms with Crippen LogP contribution in [-0.2, 0) is 122 Å². The van der Waals surface area contributed by atoms with Crippen LogP contribution in [0.2, 0.25) is 0 Å². The number of carbonyl (C=O) groups excluding carboxylic acids is 4. The molecule has 0 aliphatic carbocycles. The normalized spacial score (nSPS) is 23.4. The molecular formula is C90H95Cl3N2O20. The van der Waals surface area contributed by atoms with Crippen LogP contribution in [0, 0.1) is 0 Å². The van der Waals surface area contributed by atoms with E-state index >= 15 is 4.79 Å². The van der Waals surface area contributed by atoms with Crippen molar-refractivity contribution in [1.82, 2.24) is 10.6 Å². The van der Waals surface area contributed by atoms with Gasteiger partial charge in [0.1, 0.15) is 80.8 Å². The number of alkyl halides is 3. The largest absolute Gasteiger partial charge is 0.459 e. The van der Waals surface area contributed by atoms with Crippen LogP contribution in [0.1, 0.15) is 85.8 Å². The van der Waals surface area contributed by atoms with Crippen LogP contribution in [0.4, 0.5) is 9.59 Å². The predicted molar refractivity (Wildman–Crippen MR) is 428 cm³/mol. The summed E-state index contributed by atoms with van der Waals surface area (Å²) in [6.45, 7) is 1.08. The first-order valence-electron chi connectivity index (χ1n) is 38.4. The summed E-state index contributed by atoms with van der Waals surface area (Å²) in [5.41, 5.74) is 6.15. The SMILES string of the molecule is CC1O[C@@H](OC2[C@H](O[C@@H]3C(NC(=O)OCC(Cl)(Cl)Cl)[C@H](OCCCCCNC(=O)OCc4ccccc4)OC(COC(=O)c4ccccc4)[C@@H]3OC(=O)c3ccccc3)OC(COCc3ccccc3)[C@H](OCc3ccccc3)[C@@H]2OCc2ccccc2)C(OCc2ccccc2)[C@H](OCc2ccccc2)[C@H]1OCc1ccccc1. The Hall–Kier alpha value is -9.15. The molecule has 6 unspecified atom stereocenters. The summed E-state index contributed by atoms with van der Waals surface area (Å²) in [5.74, 6) is -1.64. The number of esters is 2. The van der Waals surface area contributed by atoms with E-state index in [0.29, 0.717) is 19.3 Å². The molecule has 115 heavy (non-hydrogen) atoms. The van der Waals surface area contributed by atoms with Gasteiger partial charge in [0.2, 0.25) is 3.79 Å². The van der Waals surface area contributed by atoms with Crippen molar-refractivity contribution in [2.45, 2.75) is 168 Å². The van der Waals surface area contributed by atoms with Crippen molar-refractivity contribution in [2.24, 2.45) is 0 Å². The van der Waals surface area contributed by atoms with E-state index in [9.17, 15) is 14.4 Å². The minimum absolute atomic E-state index is 0.0308. The van der Waals surface area contributed by atoms with Crippen LogP contribution in [0.3, 0.4) is 0 Å². The minimum atomic E-state index is -2.10. The molecule has 9 aromatic carbocycles. The number of alkyl carbamates (subject to hydrolysis) is 2. The van der Waals surface area contributed by atoms with Crippen LogP contribution in [0.5, 0.6) is 0 Å². The number of halogens is 3. The summed E-state index contributed by atoms with van der Waals surface area (Å²) in [5, 5.41) is 5.68. The average Bonchev–Trinajstić information content (AvgIpc) is 0.760. The zero-order valence-corrected chi connectivity index (χ0v) is 65.8. The molecule has 0 bridgehead atoms. The van der Waals surface area contributed by atoms with Gasteiger partial charge < -0.3 is 86.4 Å². The number of amides is 2. The molecule has 3 fully saturated rings. The van der Waals surface area contributed by atoms with E-state index in [1.807, 2.05) is 219 Å². The first kappa shape index (κ1) is 85.2. The van der Waals surface area contributed by atoms with Crippen LogP contribution in [-0.4, -0.2) is 153 Å². The Bertz CT molecular complexity index is 4320. The molecule has 2 amide bonds. The van der Waals surface area contributed by atoms with E-state index in [4.69, 9.17) is 111 Å². The third-order valence-corrected chi connectivity index (χ3v) is 19.6. The number of unbranched alkanes of at least 4 members (excludes halogenated alkanes) is 2. The molecule has 0 aromatic heterocycles. The molecule has 25 heteroatoms. The predicted octanol–water partition coefficient (Wildman–Crippen LogP) is 15.8. The molecule has 3 aliphatic heterocycles. The van der Waals surface area contributed by atoms with Gasteiger partial charge in [0.05, 0.1) is 63.5 Å². The first-order valence-corrected chi connectivity index (χ1v) is 39.6. The lowest BCUT2D eigenvalue weighted by molar-refractivity contribution is -0.392. The van der Waals surface area contributed by atoms with Crippen molar-refractivity contribution in [1.29, 1.82) is 0 Å². The lowest BCUT2D eigenvalue weighted by Crippen LogP contribution is -2.70. The number of ether oxygens (including phenoxy) is 16. The van der Waals surface area contributed by atoms with Crippen LogP contribution in [0.25, 0.3) is 0 Å². The Labute approximate surface area is 684 Å². The third-order valence-electron chi connectivity index (χ3n) is 19.2. The van der Waals surface area contributed by atoms with Crippen molar-refractivity contribution in [3.05, 3.63) is 323 Å². The smallest absolute Gasteiger partial charge is 0.407 e. The highest BCUT2D eigenvalue weighted by Gasteiger charge is 2.58. The molecular weight excluding hydrogens is 1540 g/mol. The second kappa shape index (κ2) is 44.8. The topological polar surface area (TPSA) is 240 Å². The molecule has 606 valence electrons. The molecule has 3 saturated heterocycles. The van der Waals surface area contributed by atoms with Crippen molar-refractivity contribution >= 4 is 58.9 Å². The van der Waals surface area contributed by atoms with E-state index < -0.39 is 133 Å². The molecule has 2 N–H and O–H groups in total. The van der Waals surface area contributed by atoms with Gasteiger partial charge in [-0.15, -0.1) is 0 Å². The van der Waals surface area contributed by atoms with Gasteiger partial charge in [-0.05, 0) is 89.4 Å². The van der Waals surface area contributed by atoms with Crippen LogP contribution >= 0.6 is 34.8 Å². The molecule has 0 saturated carbocycles. The second-order valence-electron chi connectivity index (χ2n) is 27.8. The van der Waals surface area contributed by atoms with Crippen molar-refractivity contribution in [2.75, 3.05) is 33.0 Å². The third kappa shape index (κ3) is 26.7. The molecule has 22 nitrogen and oxygen atoms in total. The number of hydrogen-bond donors (Lipinski definition) is 2. The van der Waals surface area contributed by atoms with E-state index in [1.165, 1.54) is 0 Å². The van der Waals surface area contributed by atoms with E-state index in [1.54, 1.807) is 60.7 Å². The molecule has 3 heterocycles. The van der Waals surface area contributed by atoms with Gasteiger partial charge in [-0.2, -0.15) is 0 Å². The Morgan fingerprint density at radius 1 is 0.357 bits per heavy atom. The number of benzene rings is 9. The van der Waals surface area contributed by atoms with Gasteiger partial charge >= 0.3 is 24.1 Å². The highest BCUT2D eigenvalue weighted by molar-refractivity contribution is 6.67. The summed E-state index contributed by atoms with van der Waals surface area (Å²) in [4.78, 5) is 57.1. The quantitative estimate of drug-likeness (QED) is 0.0157. The van der Waals surface area contributed by atoms with Gasteiger partial charge in [0.15, 0.2) is 25.0 Å². The standard InChI is InChI=1S/C90H95Cl3N2O20/c1-62-75(102-53-64-34-14-3-15-35-64)79(104-55-66-38-18-5-19-39-66)81(106-57-68-42-22-7-23-43-68)86(110-62)115-82-80(105-56-67-40-20-6-21-41-67)76(103-54-65-36-16-4-17-37-65)72(59-100-52-63-32-12-2-13-33-63)112-87(82)114-78-74(95-89(99)109-61-90(91,92)93)85(101-51-31-11-30-50-94-88(98)108-58-69-44-24-8-25-45-69)111-73(60-107-83(96)70-46-26-9-27-47-70)77(78)113-84(97)71-48-28-10-29-49-71/h2-10,12-29,32-49,62,72-82,85-87H,11,30-31,50-61H2,1H3,(H,94,98)(H,95,99)/t62?,72?,73?,74?,75-,76-,77-,78+,79+,80-,81?,82?,85+,86-,87-/m0/s1. The zero-order valence-electron chi connectivity index (χ0n) is 63.5. The number of rotatable bonds is 39. The van der Waals surface area contributed by atoms with Crippen molar-refractivity contribution in [3.63, 3.8) is 0 Å². The fourth-order valence-electron chi connectivity index (χ4n) is 13.5. The lowest BCUT2D eigenvalue weighted by Gasteiger charge is -2.52. The van der Waals surface area contributed by atoms with Crippen LogP contribution in [0.15, 0.2) is 273 Å². The fraction of sp³-hybridized carbons (Fsp3) is 0.356. The summed E-state index contributed by atoms with van der Waals surface area (Å²) in [7, 11) is 0. The number of carbonyl (C=O) groups is 4. The molecule has 0 spiro atoms. The Morgan fingerprint density at radius 3 is 1.25 bits per heavy atom. The summed E-state index contributed by atoms with van der Waals surface area (Å²) in [6, 6.07) is 82.0. The molecule has 15 atom stereocenters. The fourth-order valence-corrected chi connectivity index (χ4v) is 13.6. The lowest BCUT2D eigenvalue weighted by atomic mass is 9.94. The van der Waals surface area contributed by atoms with Crippen molar-refractivity contribution in [3.8, 4) is 0 Å². The van der Waals surface area contributed by atoms with E-state index in [-0.39, 0.29) is 77.1 Å². The highest BCUT2D eigenvalue weighted by atomic mass is 35.6. The van der Waals surface area contributed by atoms with Crippen molar-refractivity contribution < 1.29 is 95.0 Å². The number of nitrogens with one attached hydrogen (secondary N) is 2. The second-order valence-corrected chi connectivity index (χ2v) is 30.3. The Balaban J connectivity index is 0.987. The minimum Gasteiger partial charge on any atom is -0.459 e. The van der Waals surface area contributed by atoms with E-state index in [0.717, 1.165) is 38.9 Å². The van der Waals surface area contributed by atoms with Gasteiger partial charge in [0.25, 0.3) is 0 Å². The van der Waals surface area contributed by atoms with Gasteiger partial charge in [-0.1, -0.05) is 284 Å². The monoisotopic (exact) mass is 1630 g/mol. The first-order chi connectivity index (χ1) is 56.2. The maximum absolute atomic E-state index is 15.2. The Kier molecular flexibility index (Phi) is 33.2. The molecule has 9 aromatic rings. The summed E-state index contributed by atoms with van der Waals surface area (Å²) < 4.78 is 108. The maximum atomic E-state index is 15.2. The molecule has 0 radical (unpaired) electrons. The number of hydrogen-bond acceptors (Lipinski definition) is 20. The Morgan fingerprint density at radius 2 is 0.757 bits per heavy atom. The van der Waals surface area contributed by atoms with Gasteiger partial charge in [-0.25, -0.2) is 19.2 Å². The highest BCUT2D eigenvalue weighted by Crippen LogP contribution is 2.40.